The number of aromatic nitrogens is 1. The molecule has 0 saturated heterocycles. The summed E-state index contributed by atoms with van der Waals surface area (Å²) < 4.78 is 0. The molecule has 4 nitrogen and oxygen atoms in total. The molecule has 4 heteroatoms. The van der Waals surface area contributed by atoms with Crippen LogP contribution in [0.25, 0.3) is 0 Å². The van der Waals surface area contributed by atoms with E-state index in [-0.39, 0.29) is 11.9 Å². The van der Waals surface area contributed by atoms with Crippen LogP contribution in [-0.2, 0) is 6.54 Å². The van der Waals surface area contributed by atoms with Gasteiger partial charge in [0.05, 0.1) is 5.56 Å². The van der Waals surface area contributed by atoms with Gasteiger partial charge in [0, 0.05) is 30.7 Å². The number of benzene rings is 1. The quantitative estimate of drug-likeness (QED) is 0.877. The van der Waals surface area contributed by atoms with E-state index >= 15 is 0 Å². The summed E-state index contributed by atoms with van der Waals surface area (Å²) in [6, 6.07) is 11.5. The van der Waals surface area contributed by atoms with Gasteiger partial charge in [0.25, 0.3) is 5.91 Å². The van der Waals surface area contributed by atoms with Gasteiger partial charge in [-0.1, -0.05) is 12.1 Å². The van der Waals surface area contributed by atoms with E-state index in [1.54, 1.807) is 12.4 Å². The van der Waals surface area contributed by atoms with E-state index in [1.165, 1.54) is 0 Å². The summed E-state index contributed by atoms with van der Waals surface area (Å²) in [5.74, 6) is -0.0576. The molecule has 0 aliphatic carbocycles. The molecular weight excluding hydrogens is 250 g/mol. The molecule has 0 atom stereocenters. The van der Waals surface area contributed by atoms with Crippen molar-refractivity contribution in [2.24, 2.45) is 0 Å². The molecule has 0 spiro atoms. The number of hydrogen-bond acceptors (Lipinski definition) is 3. The highest BCUT2D eigenvalue weighted by molar-refractivity contribution is 5.99. The predicted molar refractivity (Wildman–Crippen MR) is 80.6 cm³/mol. The SMILES string of the molecule is CC(C)NC(=O)c1ccccc1NCc1ccncc1. The summed E-state index contributed by atoms with van der Waals surface area (Å²) in [7, 11) is 0. The zero-order valence-corrected chi connectivity index (χ0v) is 11.8. The van der Waals surface area contributed by atoms with E-state index in [0.717, 1.165) is 11.3 Å². The summed E-state index contributed by atoms with van der Waals surface area (Å²) in [6.07, 6.45) is 3.52. The van der Waals surface area contributed by atoms with Crippen LogP contribution in [0.15, 0.2) is 48.8 Å². The van der Waals surface area contributed by atoms with Crippen molar-refractivity contribution in [3.63, 3.8) is 0 Å². The van der Waals surface area contributed by atoms with Crippen molar-refractivity contribution in [3.05, 3.63) is 59.9 Å². The minimum absolute atomic E-state index is 0.0576. The monoisotopic (exact) mass is 269 g/mol. The maximum atomic E-state index is 12.1. The van der Waals surface area contributed by atoms with Gasteiger partial charge in [0.1, 0.15) is 0 Å². The van der Waals surface area contributed by atoms with Gasteiger partial charge in [0.2, 0.25) is 0 Å². The van der Waals surface area contributed by atoms with Gasteiger partial charge in [-0.25, -0.2) is 0 Å². The van der Waals surface area contributed by atoms with Gasteiger partial charge < -0.3 is 10.6 Å². The van der Waals surface area contributed by atoms with E-state index in [0.29, 0.717) is 12.1 Å². The number of hydrogen-bond donors (Lipinski definition) is 2. The Hall–Kier alpha value is -2.36. The zero-order valence-electron chi connectivity index (χ0n) is 11.8. The Balaban J connectivity index is 2.10. The molecule has 0 radical (unpaired) electrons. The van der Waals surface area contributed by atoms with Gasteiger partial charge >= 0.3 is 0 Å². The van der Waals surface area contributed by atoms with Crippen molar-refractivity contribution in [2.45, 2.75) is 26.4 Å². The largest absolute Gasteiger partial charge is 0.380 e. The molecule has 0 fully saturated rings. The van der Waals surface area contributed by atoms with Crippen molar-refractivity contribution in [3.8, 4) is 0 Å². The first kappa shape index (κ1) is 14.1. The smallest absolute Gasteiger partial charge is 0.253 e. The fraction of sp³-hybridized carbons (Fsp3) is 0.250. The van der Waals surface area contributed by atoms with Crippen LogP contribution in [0.3, 0.4) is 0 Å². The topological polar surface area (TPSA) is 54.0 Å². The first-order valence-electron chi connectivity index (χ1n) is 6.69. The van der Waals surface area contributed by atoms with Crippen molar-refractivity contribution >= 4 is 11.6 Å². The number of anilines is 1. The second-order valence-corrected chi connectivity index (χ2v) is 4.88. The molecule has 104 valence electrons. The molecule has 0 unspecified atom stereocenters. The Morgan fingerprint density at radius 2 is 1.85 bits per heavy atom. The second-order valence-electron chi connectivity index (χ2n) is 4.88. The minimum Gasteiger partial charge on any atom is -0.380 e. The number of carbonyl (C=O) groups excluding carboxylic acids is 1. The molecule has 0 aliphatic heterocycles. The van der Waals surface area contributed by atoms with E-state index in [1.807, 2.05) is 50.2 Å². The van der Waals surface area contributed by atoms with Crippen LogP contribution < -0.4 is 10.6 Å². The van der Waals surface area contributed by atoms with Gasteiger partial charge in [-0.15, -0.1) is 0 Å². The van der Waals surface area contributed by atoms with E-state index < -0.39 is 0 Å². The summed E-state index contributed by atoms with van der Waals surface area (Å²) >= 11 is 0. The lowest BCUT2D eigenvalue weighted by molar-refractivity contribution is 0.0944. The third kappa shape index (κ3) is 3.82. The van der Waals surface area contributed by atoms with Crippen molar-refractivity contribution < 1.29 is 4.79 Å². The molecule has 2 rings (SSSR count). The molecule has 1 heterocycles. The molecule has 1 aromatic carbocycles. The first-order valence-corrected chi connectivity index (χ1v) is 6.69. The summed E-state index contributed by atoms with van der Waals surface area (Å²) in [4.78, 5) is 16.1. The molecule has 20 heavy (non-hydrogen) atoms. The number of amides is 1. The third-order valence-electron chi connectivity index (χ3n) is 2.82. The van der Waals surface area contributed by atoms with Crippen LogP contribution >= 0.6 is 0 Å². The average molecular weight is 269 g/mol. The highest BCUT2D eigenvalue weighted by Crippen LogP contribution is 2.16. The molecular formula is C16H19N3O. The standard InChI is InChI=1S/C16H19N3O/c1-12(2)19-16(20)14-5-3-4-6-15(14)18-11-13-7-9-17-10-8-13/h3-10,12,18H,11H2,1-2H3,(H,19,20). The molecule has 2 aromatic rings. The van der Waals surface area contributed by atoms with Gasteiger partial charge in [0.15, 0.2) is 0 Å². The van der Waals surface area contributed by atoms with Crippen LogP contribution in [0, 0.1) is 0 Å². The lowest BCUT2D eigenvalue weighted by atomic mass is 10.1. The zero-order chi connectivity index (χ0) is 14.4. The number of para-hydroxylation sites is 1. The van der Waals surface area contributed by atoms with Crippen LogP contribution in [0.5, 0.6) is 0 Å². The van der Waals surface area contributed by atoms with Gasteiger partial charge in [-0.3, -0.25) is 9.78 Å². The highest BCUT2D eigenvalue weighted by Gasteiger charge is 2.11. The maximum absolute atomic E-state index is 12.1. The van der Waals surface area contributed by atoms with Crippen LogP contribution in [0.2, 0.25) is 0 Å². The molecule has 0 aliphatic rings. The number of pyridine rings is 1. The minimum atomic E-state index is -0.0576. The number of rotatable bonds is 5. The molecule has 0 bridgehead atoms. The maximum Gasteiger partial charge on any atom is 0.253 e. The van der Waals surface area contributed by atoms with Crippen LogP contribution in [0.1, 0.15) is 29.8 Å². The van der Waals surface area contributed by atoms with E-state index in [2.05, 4.69) is 15.6 Å². The highest BCUT2D eigenvalue weighted by atomic mass is 16.1. The van der Waals surface area contributed by atoms with Crippen molar-refractivity contribution in [2.75, 3.05) is 5.32 Å². The number of nitrogens with one attached hydrogen (secondary N) is 2. The van der Waals surface area contributed by atoms with Gasteiger partial charge in [-0.2, -0.15) is 0 Å². The van der Waals surface area contributed by atoms with Crippen LogP contribution in [0.4, 0.5) is 5.69 Å². The molecule has 1 aromatic heterocycles. The average Bonchev–Trinajstić information content (AvgIpc) is 2.46. The Morgan fingerprint density at radius 1 is 1.15 bits per heavy atom. The first-order chi connectivity index (χ1) is 9.66. The Bertz CT molecular complexity index is 567. The fourth-order valence-corrected chi connectivity index (χ4v) is 1.87. The van der Waals surface area contributed by atoms with E-state index in [4.69, 9.17) is 0 Å². The van der Waals surface area contributed by atoms with E-state index in [9.17, 15) is 4.79 Å². The fourth-order valence-electron chi connectivity index (χ4n) is 1.87. The Labute approximate surface area is 119 Å². The third-order valence-corrected chi connectivity index (χ3v) is 2.82. The Morgan fingerprint density at radius 3 is 2.55 bits per heavy atom. The van der Waals surface area contributed by atoms with Crippen LogP contribution in [-0.4, -0.2) is 16.9 Å². The normalized spacial score (nSPS) is 10.3. The lowest BCUT2D eigenvalue weighted by Crippen LogP contribution is -2.30. The summed E-state index contributed by atoms with van der Waals surface area (Å²) in [6.45, 7) is 4.56. The molecule has 0 saturated carbocycles. The molecule has 1 amide bonds. The summed E-state index contributed by atoms with van der Waals surface area (Å²) in [5.41, 5.74) is 2.62. The second kappa shape index (κ2) is 6.70. The predicted octanol–water partition coefficient (Wildman–Crippen LogP) is 2.83. The number of carbonyl (C=O) groups is 1. The Kier molecular flexibility index (Phi) is 4.71. The van der Waals surface area contributed by atoms with Crippen molar-refractivity contribution in [1.29, 1.82) is 0 Å². The van der Waals surface area contributed by atoms with Gasteiger partial charge in [-0.05, 0) is 43.7 Å². The molecule has 2 N–H and O–H groups in total. The van der Waals surface area contributed by atoms with Crippen molar-refractivity contribution in [1.82, 2.24) is 10.3 Å². The lowest BCUT2D eigenvalue weighted by Gasteiger charge is -2.13. The number of nitrogens with zero attached hydrogens (tertiary/aromatic N) is 1. The summed E-state index contributed by atoms with van der Waals surface area (Å²) in [5, 5.41) is 6.20.